The maximum atomic E-state index is 7.90. The summed E-state index contributed by atoms with van der Waals surface area (Å²) in [7, 11) is 0. The molecule has 90 valence electrons. The van der Waals surface area contributed by atoms with Crippen LogP contribution in [0.25, 0.3) is 0 Å². The van der Waals surface area contributed by atoms with Crippen molar-refractivity contribution in [3.8, 4) is 0 Å². The molecule has 0 aliphatic carbocycles. The van der Waals surface area contributed by atoms with E-state index in [9.17, 15) is 0 Å². The van der Waals surface area contributed by atoms with Gasteiger partial charge in [-0.15, -0.1) is 0 Å². The highest BCUT2D eigenvalue weighted by Gasteiger charge is 2.22. The first-order valence-corrected chi connectivity index (χ1v) is 6.53. The fraction of sp³-hybridized carbons (Fsp3) is 0.818. The summed E-state index contributed by atoms with van der Waals surface area (Å²) in [5, 5.41) is 13.4. The summed E-state index contributed by atoms with van der Waals surface area (Å²) in [6.45, 7) is 7.96. The fourth-order valence-electron chi connectivity index (χ4n) is 1.73. The Balaban J connectivity index is 2.15. The largest absolute Gasteiger partial charge is 0.376 e. The van der Waals surface area contributed by atoms with Crippen LogP contribution in [0.1, 0.15) is 38.6 Å². The highest BCUT2D eigenvalue weighted by Crippen LogP contribution is 2.22. The van der Waals surface area contributed by atoms with Crippen LogP contribution in [-0.2, 0) is 16.7 Å². The molecule has 5 heteroatoms. The van der Waals surface area contributed by atoms with Gasteiger partial charge >= 0.3 is 0 Å². The van der Waals surface area contributed by atoms with E-state index in [1.165, 1.54) is 11.3 Å². The van der Waals surface area contributed by atoms with Crippen molar-refractivity contribution in [3.05, 3.63) is 9.81 Å². The Hall–Kier alpha value is -0.680. The third-order valence-electron chi connectivity index (χ3n) is 2.68. The average Bonchev–Trinajstić information content (AvgIpc) is 2.76. The summed E-state index contributed by atoms with van der Waals surface area (Å²) in [6, 6.07) is 0. The zero-order valence-corrected chi connectivity index (χ0v) is 10.9. The van der Waals surface area contributed by atoms with Crippen molar-refractivity contribution in [1.29, 1.82) is 5.41 Å². The molecule has 0 saturated carbocycles. The SMILES string of the molecule is CC(C)(C)c1nn(CC2CCCO2)c(=N)s1. The van der Waals surface area contributed by atoms with Gasteiger partial charge < -0.3 is 4.74 Å². The summed E-state index contributed by atoms with van der Waals surface area (Å²) < 4.78 is 7.35. The molecule has 16 heavy (non-hydrogen) atoms. The number of nitrogens with one attached hydrogen (secondary N) is 1. The third-order valence-corrected chi connectivity index (χ3v) is 3.97. The third kappa shape index (κ3) is 2.52. The molecule has 1 aromatic rings. The number of ether oxygens (including phenoxy) is 1. The lowest BCUT2D eigenvalue weighted by molar-refractivity contribution is 0.0927. The number of hydrogen-bond donors (Lipinski definition) is 1. The monoisotopic (exact) mass is 241 g/mol. The van der Waals surface area contributed by atoms with Crippen molar-refractivity contribution in [2.45, 2.75) is 51.7 Å². The molecular weight excluding hydrogens is 222 g/mol. The van der Waals surface area contributed by atoms with Crippen molar-refractivity contribution in [1.82, 2.24) is 9.78 Å². The molecule has 0 bridgehead atoms. The molecule has 1 unspecified atom stereocenters. The van der Waals surface area contributed by atoms with Crippen molar-refractivity contribution in [3.63, 3.8) is 0 Å². The van der Waals surface area contributed by atoms with E-state index in [-0.39, 0.29) is 11.5 Å². The van der Waals surface area contributed by atoms with Crippen molar-refractivity contribution < 1.29 is 4.74 Å². The van der Waals surface area contributed by atoms with Crippen LogP contribution < -0.4 is 4.80 Å². The topological polar surface area (TPSA) is 50.9 Å². The Morgan fingerprint density at radius 1 is 1.56 bits per heavy atom. The van der Waals surface area contributed by atoms with Crippen molar-refractivity contribution >= 4 is 11.3 Å². The highest BCUT2D eigenvalue weighted by molar-refractivity contribution is 7.08. The molecule has 2 rings (SSSR count). The van der Waals surface area contributed by atoms with Gasteiger partial charge in [0.2, 0.25) is 0 Å². The van der Waals surface area contributed by atoms with Crippen LogP contribution in [0.5, 0.6) is 0 Å². The summed E-state index contributed by atoms with van der Waals surface area (Å²) in [4.78, 5) is 0.528. The van der Waals surface area contributed by atoms with Crippen LogP contribution in [0.3, 0.4) is 0 Å². The van der Waals surface area contributed by atoms with Gasteiger partial charge in [-0.2, -0.15) is 5.10 Å². The lowest BCUT2D eigenvalue weighted by Crippen LogP contribution is -2.24. The maximum Gasteiger partial charge on any atom is 0.200 e. The van der Waals surface area contributed by atoms with E-state index < -0.39 is 0 Å². The number of hydrogen-bond acceptors (Lipinski definition) is 4. The van der Waals surface area contributed by atoms with Gasteiger partial charge in [0.15, 0.2) is 4.80 Å². The minimum Gasteiger partial charge on any atom is -0.376 e. The molecule has 4 nitrogen and oxygen atoms in total. The van der Waals surface area contributed by atoms with Crippen LogP contribution in [0.15, 0.2) is 0 Å². The molecule has 1 saturated heterocycles. The van der Waals surface area contributed by atoms with E-state index in [4.69, 9.17) is 10.1 Å². The predicted octanol–water partition coefficient (Wildman–Crippen LogP) is 1.90. The second kappa shape index (κ2) is 4.30. The van der Waals surface area contributed by atoms with Crippen LogP contribution in [-0.4, -0.2) is 22.5 Å². The van der Waals surface area contributed by atoms with E-state index >= 15 is 0 Å². The van der Waals surface area contributed by atoms with Gasteiger partial charge in [-0.05, 0) is 12.8 Å². The van der Waals surface area contributed by atoms with E-state index in [2.05, 4.69) is 25.9 Å². The van der Waals surface area contributed by atoms with Crippen LogP contribution in [0.4, 0.5) is 0 Å². The normalized spacial score (nSPS) is 21.6. The van der Waals surface area contributed by atoms with E-state index in [1.807, 2.05) is 0 Å². The summed E-state index contributed by atoms with van der Waals surface area (Å²) in [6.07, 6.45) is 2.48. The zero-order chi connectivity index (χ0) is 11.8. The molecule has 1 aliphatic rings. The molecule has 1 fully saturated rings. The van der Waals surface area contributed by atoms with Gasteiger partial charge in [0.1, 0.15) is 5.01 Å². The lowest BCUT2D eigenvalue weighted by atomic mass is 9.98. The van der Waals surface area contributed by atoms with Crippen molar-refractivity contribution in [2.75, 3.05) is 6.61 Å². The standard InChI is InChI=1S/C11H19N3OS/c1-11(2,3)9-13-14(10(12)16-9)7-8-5-4-6-15-8/h8,12H,4-7H2,1-3H3. The molecule has 1 N–H and O–H groups in total. The smallest absolute Gasteiger partial charge is 0.200 e. The Labute approximate surface area is 99.8 Å². The maximum absolute atomic E-state index is 7.90. The number of rotatable bonds is 2. The van der Waals surface area contributed by atoms with Crippen LogP contribution in [0, 0.1) is 5.41 Å². The zero-order valence-electron chi connectivity index (χ0n) is 10.1. The quantitative estimate of drug-likeness (QED) is 0.859. The fourth-order valence-corrected chi connectivity index (χ4v) is 2.58. The Bertz CT molecular complexity index is 410. The van der Waals surface area contributed by atoms with Crippen molar-refractivity contribution in [2.24, 2.45) is 0 Å². The van der Waals surface area contributed by atoms with Crippen LogP contribution >= 0.6 is 11.3 Å². The summed E-state index contributed by atoms with van der Waals surface area (Å²) >= 11 is 1.47. The highest BCUT2D eigenvalue weighted by atomic mass is 32.1. The summed E-state index contributed by atoms with van der Waals surface area (Å²) in [5.74, 6) is 0. The number of aromatic nitrogens is 2. The second-order valence-electron chi connectivity index (χ2n) is 5.28. The Morgan fingerprint density at radius 3 is 2.81 bits per heavy atom. The van der Waals surface area contributed by atoms with Gasteiger partial charge in [0.05, 0.1) is 12.6 Å². The van der Waals surface area contributed by atoms with E-state index in [0.29, 0.717) is 4.80 Å². The van der Waals surface area contributed by atoms with Gasteiger partial charge in [-0.25, -0.2) is 4.68 Å². The minimum atomic E-state index is 0.0300. The molecule has 0 amide bonds. The van der Waals surface area contributed by atoms with Gasteiger partial charge in [-0.1, -0.05) is 32.1 Å². The van der Waals surface area contributed by atoms with E-state index in [0.717, 1.165) is 31.0 Å². The molecule has 1 atom stereocenters. The predicted molar refractivity (Wildman–Crippen MR) is 63.6 cm³/mol. The Morgan fingerprint density at radius 2 is 2.31 bits per heavy atom. The first-order chi connectivity index (χ1) is 7.47. The van der Waals surface area contributed by atoms with Gasteiger partial charge in [0, 0.05) is 12.0 Å². The molecular formula is C11H19N3OS. The first-order valence-electron chi connectivity index (χ1n) is 5.71. The summed E-state index contributed by atoms with van der Waals surface area (Å²) in [5.41, 5.74) is 0.0300. The van der Waals surface area contributed by atoms with Crippen LogP contribution in [0.2, 0.25) is 0 Å². The molecule has 0 spiro atoms. The molecule has 1 aromatic heterocycles. The number of nitrogens with zero attached hydrogens (tertiary/aromatic N) is 2. The molecule has 0 aromatic carbocycles. The Kier molecular flexibility index (Phi) is 3.17. The van der Waals surface area contributed by atoms with Gasteiger partial charge in [0.25, 0.3) is 0 Å². The van der Waals surface area contributed by atoms with E-state index in [1.54, 1.807) is 4.68 Å². The minimum absolute atomic E-state index is 0.0300. The van der Waals surface area contributed by atoms with Gasteiger partial charge in [-0.3, -0.25) is 5.41 Å². The molecule has 0 radical (unpaired) electrons. The molecule has 1 aliphatic heterocycles. The first kappa shape index (κ1) is 11.8. The average molecular weight is 241 g/mol. The molecule has 2 heterocycles. The lowest BCUT2D eigenvalue weighted by Gasteiger charge is -2.13. The second-order valence-corrected chi connectivity index (χ2v) is 6.26.